The van der Waals surface area contributed by atoms with Crippen molar-refractivity contribution in [2.24, 2.45) is 0 Å². The van der Waals surface area contributed by atoms with E-state index in [0.717, 1.165) is 25.9 Å². The second-order valence-corrected chi connectivity index (χ2v) is 5.04. The molecule has 0 radical (unpaired) electrons. The van der Waals surface area contributed by atoms with Crippen molar-refractivity contribution in [1.82, 2.24) is 10.3 Å². The van der Waals surface area contributed by atoms with Crippen LogP contribution >= 0.6 is 0 Å². The Labute approximate surface area is 115 Å². The molecule has 1 aromatic heterocycles. The Morgan fingerprint density at radius 2 is 1.68 bits per heavy atom. The molecular formula is C17H22N2. The van der Waals surface area contributed by atoms with Gasteiger partial charge in [-0.1, -0.05) is 29.8 Å². The van der Waals surface area contributed by atoms with Gasteiger partial charge in [0.1, 0.15) is 0 Å². The topological polar surface area (TPSA) is 24.9 Å². The fourth-order valence-corrected chi connectivity index (χ4v) is 2.12. The van der Waals surface area contributed by atoms with E-state index in [1.807, 2.05) is 12.4 Å². The number of nitrogens with zero attached hydrogens (tertiary/aromatic N) is 1. The van der Waals surface area contributed by atoms with Crippen molar-refractivity contribution in [3.63, 3.8) is 0 Å². The highest BCUT2D eigenvalue weighted by atomic mass is 14.8. The van der Waals surface area contributed by atoms with Crippen LogP contribution in [0.4, 0.5) is 0 Å². The Balaban J connectivity index is 1.67. The summed E-state index contributed by atoms with van der Waals surface area (Å²) < 4.78 is 0. The highest BCUT2D eigenvalue weighted by Crippen LogP contribution is 2.05. The van der Waals surface area contributed by atoms with Gasteiger partial charge in [-0.2, -0.15) is 0 Å². The quantitative estimate of drug-likeness (QED) is 0.801. The minimum Gasteiger partial charge on any atom is -0.316 e. The molecule has 1 heterocycles. The molecule has 2 nitrogen and oxygen atoms in total. The van der Waals surface area contributed by atoms with Gasteiger partial charge in [0.25, 0.3) is 0 Å². The maximum atomic E-state index is 4.12. The number of benzene rings is 1. The Kier molecular flexibility index (Phi) is 5.10. The average Bonchev–Trinajstić information content (AvgIpc) is 2.42. The summed E-state index contributed by atoms with van der Waals surface area (Å²) in [6.45, 7) is 6.30. The van der Waals surface area contributed by atoms with Gasteiger partial charge >= 0.3 is 0 Å². The van der Waals surface area contributed by atoms with Gasteiger partial charge in [-0.25, -0.2) is 0 Å². The lowest BCUT2D eigenvalue weighted by atomic mass is 10.1. The maximum Gasteiger partial charge on any atom is 0.0299 e. The highest BCUT2D eigenvalue weighted by Gasteiger charge is 1.97. The molecule has 1 N–H and O–H groups in total. The first-order valence-corrected chi connectivity index (χ1v) is 6.91. The van der Waals surface area contributed by atoms with Crippen LogP contribution in [0, 0.1) is 13.8 Å². The fourth-order valence-electron chi connectivity index (χ4n) is 2.12. The molecule has 2 rings (SSSR count). The molecule has 0 aliphatic carbocycles. The van der Waals surface area contributed by atoms with Gasteiger partial charge < -0.3 is 5.32 Å². The smallest absolute Gasteiger partial charge is 0.0299 e. The monoisotopic (exact) mass is 254 g/mol. The van der Waals surface area contributed by atoms with E-state index in [0.29, 0.717) is 0 Å². The highest BCUT2D eigenvalue weighted by molar-refractivity contribution is 5.22. The first-order chi connectivity index (χ1) is 9.25. The predicted octanol–water partition coefficient (Wildman–Crippen LogP) is 3.07. The molecule has 100 valence electrons. The van der Waals surface area contributed by atoms with Gasteiger partial charge in [0, 0.05) is 12.4 Å². The molecular weight excluding hydrogens is 232 g/mol. The molecule has 0 spiro atoms. The number of rotatable bonds is 6. The zero-order valence-electron chi connectivity index (χ0n) is 11.8. The van der Waals surface area contributed by atoms with Crippen molar-refractivity contribution in [2.45, 2.75) is 26.7 Å². The van der Waals surface area contributed by atoms with Gasteiger partial charge in [0.2, 0.25) is 0 Å². The summed E-state index contributed by atoms with van der Waals surface area (Å²) in [5.41, 5.74) is 5.39. The van der Waals surface area contributed by atoms with Crippen LogP contribution < -0.4 is 5.32 Å². The van der Waals surface area contributed by atoms with Crippen LogP contribution in [0.1, 0.15) is 22.3 Å². The van der Waals surface area contributed by atoms with Crippen LogP contribution in [-0.2, 0) is 12.8 Å². The number of pyridine rings is 1. The molecule has 0 saturated carbocycles. The van der Waals surface area contributed by atoms with Crippen molar-refractivity contribution in [3.05, 3.63) is 65.0 Å². The van der Waals surface area contributed by atoms with E-state index in [9.17, 15) is 0 Å². The van der Waals surface area contributed by atoms with E-state index in [-0.39, 0.29) is 0 Å². The van der Waals surface area contributed by atoms with E-state index in [1.165, 1.54) is 22.3 Å². The van der Waals surface area contributed by atoms with Gasteiger partial charge in [-0.3, -0.25) is 4.98 Å². The van der Waals surface area contributed by atoms with Gasteiger partial charge in [-0.15, -0.1) is 0 Å². The zero-order chi connectivity index (χ0) is 13.5. The Morgan fingerprint density at radius 1 is 0.947 bits per heavy atom. The average molecular weight is 254 g/mol. The summed E-state index contributed by atoms with van der Waals surface area (Å²) in [4.78, 5) is 4.12. The largest absolute Gasteiger partial charge is 0.316 e. The van der Waals surface area contributed by atoms with Crippen LogP contribution in [0.25, 0.3) is 0 Å². The molecule has 0 fully saturated rings. The number of nitrogens with one attached hydrogen (secondary N) is 1. The number of hydrogen-bond donors (Lipinski definition) is 1. The molecule has 1 aromatic carbocycles. The SMILES string of the molecule is Cc1ccc(CCNCCc2ccncc2C)cc1. The summed E-state index contributed by atoms with van der Waals surface area (Å²) in [6, 6.07) is 10.9. The fraction of sp³-hybridized carbons (Fsp3) is 0.353. The molecule has 0 atom stereocenters. The molecule has 0 saturated heterocycles. The van der Waals surface area contributed by atoms with E-state index < -0.39 is 0 Å². The zero-order valence-corrected chi connectivity index (χ0v) is 11.8. The van der Waals surface area contributed by atoms with E-state index in [1.54, 1.807) is 0 Å². The minimum absolute atomic E-state index is 1.02. The third kappa shape index (κ3) is 4.49. The maximum absolute atomic E-state index is 4.12. The van der Waals surface area contributed by atoms with Crippen LogP contribution in [0.2, 0.25) is 0 Å². The van der Waals surface area contributed by atoms with Crippen molar-refractivity contribution in [1.29, 1.82) is 0 Å². The summed E-state index contributed by atoms with van der Waals surface area (Å²) in [5, 5.41) is 3.50. The lowest BCUT2D eigenvalue weighted by Gasteiger charge is -2.07. The molecule has 2 heteroatoms. The number of aromatic nitrogens is 1. The first kappa shape index (κ1) is 13.8. The molecule has 2 aromatic rings. The third-order valence-corrected chi connectivity index (χ3v) is 3.42. The lowest BCUT2D eigenvalue weighted by molar-refractivity contribution is 0.680. The summed E-state index contributed by atoms with van der Waals surface area (Å²) in [6.07, 6.45) is 5.97. The minimum atomic E-state index is 1.02. The molecule has 0 amide bonds. The van der Waals surface area contributed by atoms with Crippen LogP contribution in [0.5, 0.6) is 0 Å². The van der Waals surface area contributed by atoms with Crippen molar-refractivity contribution in [2.75, 3.05) is 13.1 Å². The molecule has 19 heavy (non-hydrogen) atoms. The van der Waals surface area contributed by atoms with Gasteiger partial charge in [0.15, 0.2) is 0 Å². The Morgan fingerprint density at radius 3 is 2.42 bits per heavy atom. The number of aryl methyl sites for hydroxylation is 2. The van der Waals surface area contributed by atoms with Crippen LogP contribution in [0.15, 0.2) is 42.7 Å². The Bertz CT molecular complexity index is 503. The van der Waals surface area contributed by atoms with E-state index in [2.05, 4.69) is 54.5 Å². The van der Waals surface area contributed by atoms with Gasteiger partial charge in [0.05, 0.1) is 0 Å². The van der Waals surface area contributed by atoms with Crippen LogP contribution in [-0.4, -0.2) is 18.1 Å². The predicted molar refractivity (Wildman–Crippen MR) is 80.4 cm³/mol. The van der Waals surface area contributed by atoms with Crippen molar-refractivity contribution < 1.29 is 0 Å². The molecule has 0 bridgehead atoms. The summed E-state index contributed by atoms with van der Waals surface area (Å²) >= 11 is 0. The lowest BCUT2D eigenvalue weighted by Crippen LogP contribution is -2.20. The second kappa shape index (κ2) is 7.05. The molecule has 0 aliphatic heterocycles. The van der Waals surface area contributed by atoms with Gasteiger partial charge in [-0.05, 0) is 62.5 Å². The molecule has 0 aliphatic rings. The molecule has 0 unspecified atom stereocenters. The van der Waals surface area contributed by atoms with Crippen molar-refractivity contribution in [3.8, 4) is 0 Å². The standard InChI is InChI=1S/C17H22N2/c1-14-3-5-16(6-4-14)7-10-18-11-8-17-9-12-19-13-15(17)2/h3-6,9,12-13,18H,7-8,10-11H2,1-2H3. The van der Waals surface area contributed by atoms with Crippen molar-refractivity contribution >= 4 is 0 Å². The van der Waals surface area contributed by atoms with Crippen LogP contribution in [0.3, 0.4) is 0 Å². The number of hydrogen-bond acceptors (Lipinski definition) is 2. The Hall–Kier alpha value is -1.67. The van der Waals surface area contributed by atoms with E-state index >= 15 is 0 Å². The third-order valence-electron chi connectivity index (χ3n) is 3.42. The summed E-state index contributed by atoms with van der Waals surface area (Å²) in [5.74, 6) is 0. The van der Waals surface area contributed by atoms with E-state index in [4.69, 9.17) is 0 Å². The normalized spacial score (nSPS) is 10.6. The first-order valence-electron chi connectivity index (χ1n) is 6.91. The second-order valence-electron chi connectivity index (χ2n) is 5.04. The summed E-state index contributed by atoms with van der Waals surface area (Å²) in [7, 11) is 0.